The molecule has 1 aliphatic heterocycles. The second-order valence-corrected chi connectivity index (χ2v) is 6.90. The van der Waals surface area contributed by atoms with Crippen LogP contribution in [0.3, 0.4) is 0 Å². The van der Waals surface area contributed by atoms with E-state index in [-0.39, 0.29) is 0 Å². The molecule has 0 aromatic carbocycles. The molecule has 5 nitrogen and oxygen atoms in total. The van der Waals surface area contributed by atoms with E-state index in [1.807, 2.05) is 18.3 Å². The highest BCUT2D eigenvalue weighted by Crippen LogP contribution is 2.23. The van der Waals surface area contributed by atoms with Crippen molar-refractivity contribution in [3.05, 3.63) is 23.9 Å². The predicted molar refractivity (Wildman–Crippen MR) is 92.4 cm³/mol. The average Bonchev–Trinajstić information content (AvgIpc) is 3.07. The van der Waals surface area contributed by atoms with E-state index >= 15 is 0 Å². The highest BCUT2D eigenvalue weighted by Gasteiger charge is 2.18. The molecule has 0 amide bonds. The molecule has 2 heterocycles. The van der Waals surface area contributed by atoms with Crippen molar-refractivity contribution in [2.75, 3.05) is 13.1 Å². The highest BCUT2D eigenvalue weighted by molar-refractivity contribution is 5.78. The number of likely N-dealkylation sites (tertiary alicyclic amines) is 1. The lowest BCUT2D eigenvalue weighted by Crippen LogP contribution is -2.43. The third-order valence-electron chi connectivity index (χ3n) is 4.79. The Morgan fingerprint density at radius 1 is 1.30 bits per heavy atom. The molecule has 0 radical (unpaired) electrons. The number of piperidine rings is 1. The van der Waals surface area contributed by atoms with Crippen LogP contribution in [0.2, 0.25) is 0 Å². The zero-order valence-electron chi connectivity index (χ0n) is 14.1. The fourth-order valence-electron chi connectivity index (χ4n) is 3.42. The quantitative estimate of drug-likeness (QED) is 0.685. The van der Waals surface area contributed by atoms with Crippen molar-refractivity contribution in [3.8, 4) is 5.88 Å². The summed E-state index contributed by atoms with van der Waals surface area (Å²) >= 11 is 0. The third-order valence-corrected chi connectivity index (χ3v) is 4.79. The summed E-state index contributed by atoms with van der Waals surface area (Å²) in [4.78, 5) is 11.1. The second kappa shape index (κ2) is 7.66. The lowest BCUT2D eigenvalue weighted by Gasteiger charge is -2.31. The molecule has 2 fully saturated rings. The standard InChI is InChI=1S/C18H28N4O/c1-14-5-4-10-22(13-14)18(19)21-12-15-8-9-17(20-11-15)23-16-6-2-3-7-16/h8-9,11,14,16H,2-7,10,12-13H2,1H3,(H2,19,21). The Balaban J connectivity index is 1.52. The predicted octanol–water partition coefficient (Wildman–Crippen LogP) is 2.95. The molecule has 1 saturated carbocycles. The smallest absolute Gasteiger partial charge is 0.213 e. The lowest BCUT2D eigenvalue weighted by molar-refractivity contribution is 0.201. The number of nitrogens with zero attached hydrogens (tertiary/aromatic N) is 3. The maximum absolute atomic E-state index is 6.13. The van der Waals surface area contributed by atoms with Crippen LogP contribution in [0.15, 0.2) is 23.3 Å². The number of hydrogen-bond donors (Lipinski definition) is 1. The number of aliphatic imine (C=N–C) groups is 1. The molecule has 1 aromatic heterocycles. The topological polar surface area (TPSA) is 63.7 Å². The normalized spacial score (nSPS) is 23.3. The Bertz CT molecular complexity index is 522. The summed E-state index contributed by atoms with van der Waals surface area (Å²) in [6.07, 6.45) is 9.53. The molecule has 126 valence electrons. The van der Waals surface area contributed by atoms with E-state index in [9.17, 15) is 0 Å². The van der Waals surface area contributed by atoms with E-state index in [0.29, 0.717) is 24.5 Å². The van der Waals surface area contributed by atoms with Gasteiger partial charge in [0.2, 0.25) is 5.88 Å². The van der Waals surface area contributed by atoms with E-state index in [1.54, 1.807) is 0 Å². The first-order valence-electron chi connectivity index (χ1n) is 8.87. The van der Waals surface area contributed by atoms with Gasteiger partial charge in [-0.1, -0.05) is 13.0 Å². The van der Waals surface area contributed by atoms with Gasteiger partial charge >= 0.3 is 0 Å². The van der Waals surface area contributed by atoms with E-state index in [1.165, 1.54) is 25.7 Å². The van der Waals surface area contributed by atoms with Crippen LogP contribution in [0.4, 0.5) is 0 Å². The van der Waals surface area contributed by atoms with Crippen molar-refractivity contribution in [3.63, 3.8) is 0 Å². The first-order chi connectivity index (χ1) is 11.2. The van der Waals surface area contributed by atoms with Gasteiger partial charge in [0.1, 0.15) is 6.10 Å². The Labute approximate surface area is 138 Å². The summed E-state index contributed by atoms with van der Waals surface area (Å²) in [6, 6.07) is 3.98. The van der Waals surface area contributed by atoms with Gasteiger partial charge in [0, 0.05) is 25.4 Å². The van der Waals surface area contributed by atoms with E-state index in [2.05, 4.69) is 21.8 Å². The highest BCUT2D eigenvalue weighted by atomic mass is 16.5. The van der Waals surface area contributed by atoms with Gasteiger partial charge in [0.15, 0.2) is 5.96 Å². The number of nitrogens with two attached hydrogens (primary N) is 1. The zero-order chi connectivity index (χ0) is 16.1. The number of hydrogen-bond acceptors (Lipinski definition) is 3. The minimum Gasteiger partial charge on any atom is -0.474 e. The number of aromatic nitrogens is 1. The molecule has 1 atom stereocenters. The summed E-state index contributed by atoms with van der Waals surface area (Å²) in [7, 11) is 0. The van der Waals surface area contributed by atoms with E-state index in [0.717, 1.165) is 37.4 Å². The van der Waals surface area contributed by atoms with Crippen LogP contribution in [0.1, 0.15) is 51.0 Å². The van der Waals surface area contributed by atoms with Gasteiger partial charge in [-0.25, -0.2) is 9.98 Å². The minimum absolute atomic E-state index is 0.350. The Morgan fingerprint density at radius 2 is 2.13 bits per heavy atom. The van der Waals surface area contributed by atoms with Crippen LogP contribution < -0.4 is 10.5 Å². The SMILES string of the molecule is CC1CCCN(C(N)=NCc2ccc(OC3CCCC3)nc2)C1. The summed E-state index contributed by atoms with van der Waals surface area (Å²) in [5, 5.41) is 0. The lowest BCUT2D eigenvalue weighted by atomic mass is 10.0. The summed E-state index contributed by atoms with van der Waals surface area (Å²) in [5.74, 6) is 2.08. The van der Waals surface area contributed by atoms with Crippen molar-refractivity contribution in [1.29, 1.82) is 0 Å². The van der Waals surface area contributed by atoms with E-state index in [4.69, 9.17) is 10.5 Å². The van der Waals surface area contributed by atoms with Gasteiger partial charge in [0.25, 0.3) is 0 Å². The molecule has 1 saturated heterocycles. The van der Waals surface area contributed by atoms with Crippen molar-refractivity contribution in [2.24, 2.45) is 16.6 Å². The summed E-state index contributed by atoms with van der Waals surface area (Å²) in [6.45, 7) is 4.88. The van der Waals surface area contributed by atoms with Gasteiger partial charge in [-0.3, -0.25) is 0 Å². The van der Waals surface area contributed by atoms with Gasteiger partial charge in [-0.05, 0) is 50.0 Å². The van der Waals surface area contributed by atoms with Gasteiger partial charge in [0.05, 0.1) is 6.54 Å². The van der Waals surface area contributed by atoms with Crippen LogP contribution in [-0.2, 0) is 6.54 Å². The number of ether oxygens (including phenoxy) is 1. The van der Waals surface area contributed by atoms with Gasteiger partial charge < -0.3 is 15.4 Å². The molecule has 23 heavy (non-hydrogen) atoms. The molecule has 1 aromatic rings. The first-order valence-corrected chi connectivity index (χ1v) is 8.87. The van der Waals surface area contributed by atoms with Crippen LogP contribution in [0, 0.1) is 5.92 Å². The number of rotatable bonds is 4. The monoisotopic (exact) mass is 316 g/mol. The largest absolute Gasteiger partial charge is 0.474 e. The summed E-state index contributed by atoms with van der Waals surface area (Å²) < 4.78 is 5.88. The van der Waals surface area contributed by atoms with Crippen LogP contribution in [-0.4, -0.2) is 35.0 Å². The maximum atomic E-state index is 6.13. The molecule has 2 N–H and O–H groups in total. The van der Waals surface area contributed by atoms with Crippen molar-refractivity contribution in [2.45, 2.75) is 58.1 Å². The van der Waals surface area contributed by atoms with Gasteiger partial charge in [-0.2, -0.15) is 0 Å². The molecular formula is C18H28N4O. The molecule has 3 rings (SSSR count). The van der Waals surface area contributed by atoms with Crippen LogP contribution in [0.5, 0.6) is 5.88 Å². The molecule has 1 aliphatic carbocycles. The summed E-state index contributed by atoms with van der Waals surface area (Å²) in [5.41, 5.74) is 7.19. The number of pyridine rings is 1. The van der Waals surface area contributed by atoms with Crippen LogP contribution in [0.25, 0.3) is 0 Å². The fourth-order valence-corrected chi connectivity index (χ4v) is 3.42. The van der Waals surface area contributed by atoms with Crippen molar-refractivity contribution < 1.29 is 4.74 Å². The van der Waals surface area contributed by atoms with E-state index < -0.39 is 0 Å². The van der Waals surface area contributed by atoms with Gasteiger partial charge in [-0.15, -0.1) is 0 Å². The Hall–Kier alpha value is -1.78. The number of guanidine groups is 1. The Kier molecular flexibility index (Phi) is 5.36. The van der Waals surface area contributed by atoms with Crippen LogP contribution >= 0.6 is 0 Å². The molecule has 0 spiro atoms. The fraction of sp³-hybridized carbons (Fsp3) is 0.667. The molecule has 5 heteroatoms. The minimum atomic E-state index is 0.350. The third kappa shape index (κ3) is 4.60. The van der Waals surface area contributed by atoms with Crippen molar-refractivity contribution >= 4 is 5.96 Å². The van der Waals surface area contributed by atoms with Crippen molar-refractivity contribution in [1.82, 2.24) is 9.88 Å². The molecule has 0 bridgehead atoms. The zero-order valence-corrected chi connectivity index (χ0v) is 14.1. The molecular weight excluding hydrogens is 288 g/mol. The average molecular weight is 316 g/mol. The Morgan fingerprint density at radius 3 is 2.83 bits per heavy atom. The second-order valence-electron chi connectivity index (χ2n) is 6.90. The molecule has 2 aliphatic rings. The maximum Gasteiger partial charge on any atom is 0.213 e. The molecule has 1 unspecified atom stereocenters. The first kappa shape index (κ1) is 16.1.